The first kappa shape index (κ1) is 9.07. The number of rotatable bonds is 2. The summed E-state index contributed by atoms with van der Waals surface area (Å²) in [5, 5.41) is 15.5. The van der Waals surface area contributed by atoms with Gasteiger partial charge in [-0.05, 0) is 23.4 Å². The molecule has 1 aromatic heterocycles. The van der Waals surface area contributed by atoms with Crippen molar-refractivity contribution in [1.82, 2.24) is 20.6 Å². The lowest BCUT2D eigenvalue weighted by atomic mass is 10.3. The second-order valence-electron chi connectivity index (χ2n) is 2.48. The molecular formula is C7H5BrFN5. The maximum absolute atomic E-state index is 13.3. The Morgan fingerprint density at radius 3 is 2.93 bits per heavy atom. The van der Waals surface area contributed by atoms with Gasteiger partial charge in [-0.2, -0.15) is 5.21 Å². The zero-order valence-electron chi connectivity index (χ0n) is 6.83. The Bertz CT molecular complexity index is 430. The number of aromatic nitrogens is 4. The molecule has 0 atom stereocenters. The topological polar surface area (TPSA) is 66.5 Å². The van der Waals surface area contributed by atoms with E-state index in [1.54, 1.807) is 12.1 Å². The summed E-state index contributed by atoms with van der Waals surface area (Å²) >= 11 is 3.16. The first-order valence-electron chi connectivity index (χ1n) is 3.71. The molecule has 1 heterocycles. The number of hydrogen-bond acceptors (Lipinski definition) is 4. The molecule has 0 radical (unpaired) electrons. The molecule has 0 saturated heterocycles. The molecule has 1 aromatic carbocycles. The number of nitrogens with one attached hydrogen (secondary N) is 2. The molecule has 0 fully saturated rings. The third kappa shape index (κ3) is 1.87. The molecule has 0 aliphatic rings. The fourth-order valence-corrected chi connectivity index (χ4v) is 1.26. The van der Waals surface area contributed by atoms with Crippen molar-refractivity contribution >= 4 is 27.6 Å². The number of H-pyrrole nitrogens is 1. The average molecular weight is 258 g/mol. The quantitative estimate of drug-likeness (QED) is 0.862. The number of hydrogen-bond donors (Lipinski definition) is 2. The maximum atomic E-state index is 13.3. The first-order valence-corrected chi connectivity index (χ1v) is 4.50. The highest BCUT2D eigenvalue weighted by Crippen LogP contribution is 2.20. The van der Waals surface area contributed by atoms with Gasteiger partial charge in [0.15, 0.2) is 0 Å². The van der Waals surface area contributed by atoms with Gasteiger partial charge in [-0.15, -0.1) is 5.10 Å². The predicted octanol–water partition coefficient (Wildman–Crippen LogP) is 1.84. The molecule has 0 amide bonds. The molecule has 5 nitrogen and oxygen atoms in total. The molecule has 2 N–H and O–H groups in total. The predicted molar refractivity (Wildman–Crippen MR) is 51.6 cm³/mol. The van der Waals surface area contributed by atoms with E-state index in [-0.39, 0.29) is 11.8 Å². The van der Waals surface area contributed by atoms with Crippen molar-refractivity contribution in [3.63, 3.8) is 0 Å². The summed E-state index contributed by atoms with van der Waals surface area (Å²) < 4.78 is 13.9. The zero-order valence-corrected chi connectivity index (χ0v) is 8.42. The Labute approximate surface area is 86.8 Å². The fraction of sp³-hybridized carbons (Fsp3) is 0. The Kier molecular flexibility index (Phi) is 2.40. The molecule has 0 aliphatic carbocycles. The lowest BCUT2D eigenvalue weighted by Gasteiger charge is -2.02. The van der Waals surface area contributed by atoms with Gasteiger partial charge in [-0.1, -0.05) is 21.0 Å². The van der Waals surface area contributed by atoms with Gasteiger partial charge in [0.05, 0.1) is 5.69 Å². The Balaban J connectivity index is 2.25. The zero-order chi connectivity index (χ0) is 9.97. The lowest BCUT2D eigenvalue weighted by molar-refractivity contribution is 0.631. The third-order valence-electron chi connectivity index (χ3n) is 1.52. The van der Waals surface area contributed by atoms with Gasteiger partial charge in [0.2, 0.25) is 0 Å². The molecule has 0 spiro atoms. The van der Waals surface area contributed by atoms with Gasteiger partial charge in [-0.3, -0.25) is 0 Å². The molecule has 2 rings (SSSR count). The number of nitrogens with zero attached hydrogens (tertiary/aromatic N) is 3. The van der Waals surface area contributed by atoms with Crippen LogP contribution in [0.4, 0.5) is 16.0 Å². The van der Waals surface area contributed by atoms with E-state index in [1.807, 2.05) is 0 Å². The molecule has 72 valence electrons. The SMILES string of the molecule is Fc1cc(Br)ccc1Nc1nn[nH]n1. The smallest absolute Gasteiger partial charge is 0.267 e. The summed E-state index contributed by atoms with van der Waals surface area (Å²) in [4.78, 5) is 0. The molecule has 14 heavy (non-hydrogen) atoms. The highest BCUT2D eigenvalue weighted by molar-refractivity contribution is 9.10. The molecule has 0 unspecified atom stereocenters. The van der Waals surface area contributed by atoms with Crippen molar-refractivity contribution in [1.29, 1.82) is 0 Å². The molecule has 7 heteroatoms. The van der Waals surface area contributed by atoms with Crippen molar-refractivity contribution in [3.05, 3.63) is 28.5 Å². The van der Waals surface area contributed by atoms with Crippen LogP contribution in [-0.4, -0.2) is 20.6 Å². The summed E-state index contributed by atoms with van der Waals surface area (Å²) in [7, 11) is 0. The van der Waals surface area contributed by atoms with Crippen molar-refractivity contribution < 1.29 is 4.39 Å². The van der Waals surface area contributed by atoms with Crippen LogP contribution in [-0.2, 0) is 0 Å². The number of anilines is 2. The van der Waals surface area contributed by atoms with Crippen LogP contribution in [0.1, 0.15) is 0 Å². The number of tetrazole rings is 1. The Hall–Kier alpha value is -1.50. The van der Waals surface area contributed by atoms with Gasteiger partial charge in [0, 0.05) is 4.47 Å². The third-order valence-corrected chi connectivity index (χ3v) is 2.02. The monoisotopic (exact) mass is 257 g/mol. The second-order valence-corrected chi connectivity index (χ2v) is 3.40. The van der Waals surface area contributed by atoms with Gasteiger partial charge in [0.1, 0.15) is 5.82 Å². The van der Waals surface area contributed by atoms with Crippen LogP contribution in [0, 0.1) is 5.82 Å². The minimum Gasteiger partial charge on any atom is -0.319 e. The molecule has 0 aliphatic heterocycles. The molecule has 0 bridgehead atoms. The van der Waals surface area contributed by atoms with E-state index in [2.05, 4.69) is 41.9 Å². The Morgan fingerprint density at radius 1 is 1.43 bits per heavy atom. The van der Waals surface area contributed by atoms with Crippen LogP contribution >= 0.6 is 15.9 Å². The fourth-order valence-electron chi connectivity index (χ4n) is 0.926. The minimum atomic E-state index is -0.385. The van der Waals surface area contributed by atoms with Crippen molar-refractivity contribution in [2.75, 3.05) is 5.32 Å². The van der Waals surface area contributed by atoms with Crippen molar-refractivity contribution in [2.24, 2.45) is 0 Å². The minimum absolute atomic E-state index is 0.228. The van der Waals surface area contributed by atoms with E-state index in [1.165, 1.54) is 6.07 Å². The number of aromatic amines is 1. The van der Waals surface area contributed by atoms with Crippen LogP contribution in [0.25, 0.3) is 0 Å². The summed E-state index contributed by atoms with van der Waals surface area (Å²) in [6.45, 7) is 0. The summed E-state index contributed by atoms with van der Waals surface area (Å²) in [5.74, 6) is -0.157. The summed E-state index contributed by atoms with van der Waals surface area (Å²) in [6, 6.07) is 4.64. The van der Waals surface area contributed by atoms with Crippen molar-refractivity contribution in [3.8, 4) is 0 Å². The summed E-state index contributed by atoms with van der Waals surface area (Å²) in [6.07, 6.45) is 0. The Morgan fingerprint density at radius 2 is 2.29 bits per heavy atom. The summed E-state index contributed by atoms with van der Waals surface area (Å²) in [5.41, 5.74) is 0.301. The highest BCUT2D eigenvalue weighted by atomic mass is 79.9. The molecule has 2 aromatic rings. The largest absolute Gasteiger partial charge is 0.319 e. The average Bonchev–Trinajstić information content (AvgIpc) is 2.62. The number of benzene rings is 1. The van der Waals surface area contributed by atoms with Crippen LogP contribution in [0.3, 0.4) is 0 Å². The van der Waals surface area contributed by atoms with Crippen LogP contribution in [0.5, 0.6) is 0 Å². The van der Waals surface area contributed by atoms with E-state index in [4.69, 9.17) is 0 Å². The normalized spacial score (nSPS) is 10.1. The number of halogens is 2. The van der Waals surface area contributed by atoms with E-state index in [9.17, 15) is 4.39 Å². The second kappa shape index (κ2) is 3.70. The van der Waals surface area contributed by atoms with E-state index < -0.39 is 0 Å². The standard InChI is InChI=1S/C7H5BrFN5/c8-4-1-2-6(5(9)3-4)10-7-11-13-14-12-7/h1-3H,(H2,10,11,12,13,14). The lowest BCUT2D eigenvalue weighted by Crippen LogP contribution is -1.95. The van der Waals surface area contributed by atoms with Crippen molar-refractivity contribution in [2.45, 2.75) is 0 Å². The molecular weight excluding hydrogens is 253 g/mol. The van der Waals surface area contributed by atoms with Crippen LogP contribution in [0.15, 0.2) is 22.7 Å². The van der Waals surface area contributed by atoms with Crippen LogP contribution < -0.4 is 5.32 Å². The van der Waals surface area contributed by atoms with E-state index in [0.717, 1.165) is 0 Å². The van der Waals surface area contributed by atoms with Gasteiger partial charge in [0.25, 0.3) is 5.95 Å². The van der Waals surface area contributed by atoms with Gasteiger partial charge < -0.3 is 5.32 Å². The molecule has 0 saturated carbocycles. The van der Waals surface area contributed by atoms with E-state index in [0.29, 0.717) is 10.2 Å². The van der Waals surface area contributed by atoms with Gasteiger partial charge >= 0.3 is 0 Å². The maximum Gasteiger partial charge on any atom is 0.267 e. The first-order chi connectivity index (χ1) is 6.75. The van der Waals surface area contributed by atoms with E-state index >= 15 is 0 Å². The highest BCUT2D eigenvalue weighted by Gasteiger charge is 2.04. The van der Waals surface area contributed by atoms with Gasteiger partial charge in [-0.25, -0.2) is 4.39 Å². The van der Waals surface area contributed by atoms with Crippen LogP contribution in [0.2, 0.25) is 0 Å².